The minimum Gasteiger partial charge on any atom is -0.504 e. The molecule has 0 saturated carbocycles. The molecule has 0 saturated heterocycles. The molecule has 2 aromatic carbocycles. The summed E-state index contributed by atoms with van der Waals surface area (Å²) in [6.07, 6.45) is 7.71. The van der Waals surface area contributed by atoms with E-state index < -0.39 is 0 Å². The number of aromatic amines is 1. The number of ether oxygens (including phenoxy) is 1. The Morgan fingerprint density at radius 2 is 1.85 bits per heavy atom. The van der Waals surface area contributed by atoms with Crippen molar-refractivity contribution >= 4 is 34.6 Å². The standard InChI is InChI=1S/C22H19NO4/c1-27-21-13-15(6-10-20(21)26)5-8-18(24)14-19(25)9-7-16-3-2-4-17-11-12-23-22(16)17/h2-13,23,26H,14H2,1H3/b8-5+,9-7+. The Morgan fingerprint density at radius 3 is 2.63 bits per heavy atom. The average molecular weight is 361 g/mol. The van der Waals surface area contributed by atoms with E-state index in [4.69, 9.17) is 4.74 Å². The second-order valence-corrected chi connectivity index (χ2v) is 6.00. The van der Waals surface area contributed by atoms with E-state index in [2.05, 4.69) is 4.98 Å². The van der Waals surface area contributed by atoms with Crippen molar-refractivity contribution in [3.63, 3.8) is 0 Å². The highest BCUT2D eigenvalue weighted by Crippen LogP contribution is 2.26. The maximum atomic E-state index is 12.1. The zero-order valence-electron chi connectivity index (χ0n) is 14.8. The van der Waals surface area contributed by atoms with E-state index in [1.54, 1.807) is 24.3 Å². The summed E-state index contributed by atoms with van der Waals surface area (Å²) in [7, 11) is 1.45. The van der Waals surface area contributed by atoms with Gasteiger partial charge in [-0.25, -0.2) is 0 Å². The number of ketones is 2. The number of aromatic hydroxyl groups is 1. The first-order valence-corrected chi connectivity index (χ1v) is 8.42. The number of benzene rings is 2. The summed E-state index contributed by atoms with van der Waals surface area (Å²) in [6, 6.07) is 12.5. The number of carbonyl (C=O) groups excluding carboxylic acids is 2. The quantitative estimate of drug-likeness (QED) is 0.490. The molecule has 0 spiro atoms. The van der Waals surface area contributed by atoms with E-state index in [1.165, 1.54) is 25.3 Å². The molecule has 136 valence electrons. The van der Waals surface area contributed by atoms with Crippen LogP contribution >= 0.6 is 0 Å². The molecule has 0 aliphatic heterocycles. The summed E-state index contributed by atoms with van der Waals surface area (Å²) < 4.78 is 5.02. The van der Waals surface area contributed by atoms with Crippen LogP contribution in [-0.2, 0) is 9.59 Å². The van der Waals surface area contributed by atoms with Crippen molar-refractivity contribution in [1.82, 2.24) is 4.98 Å². The highest BCUT2D eigenvalue weighted by molar-refractivity contribution is 6.11. The van der Waals surface area contributed by atoms with Crippen molar-refractivity contribution in [3.8, 4) is 11.5 Å². The minimum absolute atomic E-state index is 0.0263. The van der Waals surface area contributed by atoms with Crippen LogP contribution in [0.15, 0.2) is 60.8 Å². The average Bonchev–Trinajstić information content (AvgIpc) is 3.15. The van der Waals surface area contributed by atoms with Gasteiger partial charge in [0.25, 0.3) is 0 Å². The van der Waals surface area contributed by atoms with Gasteiger partial charge in [0, 0.05) is 6.20 Å². The van der Waals surface area contributed by atoms with Crippen molar-refractivity contribution in [2.45, 2.75) is 6.42 Å². The molecule has 0 atom stereocenters. The number of nitrogens with one attached hydrogen (secondary N) is 1. The molecule has 1 heterocycles. The number of rotatable bonds is 7. The number of phenolic OH excluding ortho intramolecular Hbond substituents is 1. The number of allylic oxidation sites excluding steroid dienone is 2. The van der Waals surface area contributed by atoms with Gasteiger partial charge in [-0.15, -0.1) is 0 Å². The van der Waals surface area contributed by atoms with Gasteiger partial charge in [0.05, 0.1) is 19.0 Å². The second-order valence-electron chi connectivity index (χ2n) is 6.00. The van der Waals surface area contributed by atoms with Crippen molar-refractivity contribution in [1.29, 1.82) is 0 Å². The third kappa shape index (κ3) is 4.52. The Bertz CT molecular complexity index is 1040. The van der Waals surface area contributed by atoms with Gasteiger partial charge in [0.1, 0.15) is 0 Å². The highest BCUT2D eigenvalue weighted by Gasteiger charge is 2.05. The number of hydrogen-bond acceptors (Lipinski definition) is 4. The van der Waals surface area contributed by atoms with Crippen LogP contribution in [0.3, 0.4) is 0 Å². The fourth-order valence-corrected chi connectivity index (χ4v) is 2.71. The van der Waals surface area contributed by atoms with Gasteiger partial charge in [0.15, 0.2) is 23.1 Å². The molecule has 0 aliphatic carbocycles. The molecule has 3 rings (SSSR count). The van der Waals surface area contributed by atoms with E-state index in [1.807, 2.05) is 30.5 Å². The Balaban J connectivity index is 1.62. The van der Waals surface area contributed by atoms with Gasteiger partial charge in [-0.3, -0.25) is 9.59 Å². The third-order valence-corrected chi connectivity index (χ3v) is 4.08. The normalized spacial score (nSPS) is 11.4. The van der Waals surface area contributed by atoms with Crippen LogP contribution in [0.5, 0.6) is 11.5 Å². The maximum absolute atomic E-state index is 12.1. The van der Waals surface area contributed by atoms with Crippen LogP contribution in [0, 0.1) is 0 Å². The SMILES string of the molecule is COc1cc(/C=C/C(=O)CC(=O)/C=C/c2cccc3cc[nH]c23)ccc1O. The first-order valence-electron chi connectivity index (χ1n) is 8.42. The fourth-order valence-electron chi connectivity index (χ4n) is 2.71. The number of phenols is 1. The van der Waals surface area contributed by atoms with Gasteiger partial charge in [-0.05, 0) is 52.9 Å². The van der Waals surface area contributed by atoms with Crippen molar-refractivity contribution in [3.05, 3.63) is 71.9 Å². The Labute approximate surface area is 156 Å². The molecular formula is C22H19NO4. The molecule has 3 aromatic rings. The molecule has 0 amide bonds. The lowest BCUT2D eigenvalue weighted by atomic mass is 10.1. The van der Waals surface area contributed by atoms with Crippen LogP contribution in [-0.4, -0.2) is 28.8 Å². The van der Waals surface area contributed by atoms with Gasteiger partial charge < -0.3 is 14.8 Å². The van der Waals surface area contributed by atoms with Crippen molar-refractivity contribution in [2.24, 2.45) is 0 Å². The van der Waals surface area contributed by atoms with E-state index in [0.717, 1.165) is 16.5 Å². The van der Waals surface area contributed by atoms with Gasteiger partial charge in [-0.1, -0.05) is 30.3 Å². The predicted molar refractivity (Wildman–Crippen MR) is 106 cm³/mol. The molecule has 0 bridgehead atoms. The summed E-state index contributed by atoms with van der Waals surface area (Å²) in [5.41, 5.74) is 2.54. The molecule has 5 heteroatoms. The minimum atomic E-state index is -0.297. The monoisotopic (exact) mass is 361 g/mol. The Morgan fingerprint density at radius 1 is 1.07 bits per heavy atom. The van der Waals surface area contributed by atoms with Crippen LogP contribution in [0.4, 0.5) is 0 Å². The second kappa shape index (κ2) is 8.19. The lowest BCUT2D eigenvalue weighted by molar-refractivity contribution is -0.121. The van der Waals surface area contributed by atoms with E-state index in [9.17, 15) is 14.7 Å². The van der Waals surface area contributed by atoms with Gasteiger partial charge in [-0.2, -0.15) is 0 Å². The largest absolute Gasteiger partial charge is 0.504 e. The van der Waals surface area contributed by atoms with Crippen molar-refractivity contribution in [2.75, 3.05) is 7.11 Å². The zero-order valence-corrected chi connectivity index (χ0v) is 14.8. The zero-order chi connectivity index (χ0) is 19.2. The number of aromatic nitrogens is 1. The first kappa shape index (κ1) is 18.2. The molecule has 27 heavy (non-hydrogen) atoms. The number of para-hydroxylation sites is 1. The molecule has 0 fully saturated rings. The summed E-state index contributed by atoms with van der Waals surface area (Å²) in [4.78, 5) is 27.2. The van der Waals surface area contributed by atoms with Crippen LogP contribution in [0.2, 0.25) is 0 Å². The van der Waals surface area contributed by atoms with Crippen LogP contribution in [0.1, 0.15) is 17.5 Å². The molecular weight excluding hydrogens is 342 g/mol. The van der Waals surface area contributed by atoms with E-state index in [0.29, 0.717) is 11.3 Å². The summed E-state index contributed by atoms with van der Waals surface area (Å²) in [5, 5.41) is 10.6. The van der Waals surface area contributed by atoms with Crippen molar-refractivity contribution < 1.29 is 19.4 Å². The lowest BCUT2D eigenvalue weighted by Gasteiger charge is -2.03. The first-order chi connectivity index (χ1) is 13.1. The van der Waals surface area contributed by atoms with Gasteiger partial charge >= 0.3 is 0 Å². The van der Waals surface area contributed by atoms with Gasteiger partial charge in [0.2, 0.25) is 0 Å². The third-order valence-electron chi connectivity index (χ3n) is 4.08. The number of H-pyrrole nitrogens is 1. The molecule has 2 N–H and O–H groups in total. The number of fused-ring (bicyclic) bond motifs is 1. The summed E-state index contributed by atoms with van der Waals surface area (Å²) in [5.74, 6) is -0.216. The summed E-state index contributed by atoms with van der Waals surface area (Å²) in [6.45, 7) is 0. The van der Waals surface area contributed by atoms with E-state index in [-0.39, 0.29) is 23.7 Å². The van der Waals surface area contributed by atoms with Crippen LogP contribution in [0.25, 0.3) is 23.1 Å². The lowest BCUT2D eigenvalue weighted by Crippen LogP contribution is -2.01. The number of carbonyl (C=O) groups is 2. The topological polar surface area (TPSA) is 79.4 Å². The maximum Gasteiger partial charge on any atom is 0.163 e. The number of methoxy groups -OCH3 is 1. The Hall–Kier alpha value is -3.60. The smallest absolute Gasteiger partial charge is 0.163 e. The number of hydrogen-bond donors (Lipinski definition) is 2. The van der Waals surface area contributed by atoms with E-state index >= 15 is 0 Å². The predicted octanol–water partition coefficient (Wildman–Crippen LogP) is 4.14. The molecule has 1 aromatic heterocycles. The van der Waals surface area contributed by atoms with Crippen LogP contribution < -0.4 is 4.74 Å². The highest BCUT2D eigenvalue weighted by atomic mass is 16.5. The molecule has 0 aliphatic rings. The molecule has 5 nitrogen and oxygen atoms in total. The molecule has 0 radical (unpaired) electrons. The summed E-state index contributed by atoms with van der Waals surface area (Å²) >= 11 is 0. The fraction of sp³-hybridized carbons (Fsp3) is 0.0909. The molecule has 0 unspecified atom stereocenters. The Kier molecular flexibility index (Phi) is 5.52.